The van der Waals surface area contributed by atoms with Crippen LogP contribution >= 0.6 is 11.6 Å². The number of nitrogens with zero attached hydrogens (tertiary/aromatic N) is 2. The Morgan fingerprint density at radius 2 is 2.00 bits per heavy atom. The summed E-state index contributed by atoms with van der Waals surface area (Å²) in [5.74, 6) is 0. The van der Waals surface area contributed by atoms with Crippen molar-refractivity contribution in [1.82, 2.24) is 9.55 Å². The molecule has 17 heavy (non-hydrogen) atoms. The topological polar surface area (TPSA) is 58.3 Å². The number of imidazole rings is 1. The monoisotopic (exact) mass is 252 g/mol. The first-order valence-corrected chi connectivity index (χ1v) is 5.57. The van der Waals surface area contributed by atoms with Crippen LogP contribution in [0.25, 0.3) is 0 Å². The maximum atomic E-state index is 10.4. The molecule has 0 bridgehead atoms. The fourth-order valence-electron chi connectivity index (χ4n) is 1.67. The smallest absolute Gasteiger partial charge is 0.130 e. The van der Waals surface area contributed by atoms with Crippen LogP contribution in [0.3, 0.4) is 0 Å². The molecule has 0 spiro atoms. The van der Waals surface area contributed by atoms with Gasteiger partial charge in [-0.2, -0.15) is 0 Å². The molecule has 1 heterocycles. The van der Waals surface area contributed by atoms with Crippen LogP contribution in [0.2, 0.25) is 5.02 Å². The van der Waals surface area contributed by atoms with Crippen molar-refractivity contribution in [3.05, 3.63) is 53.6 Å². The zero-order valence-corrected chi connectivity index (χ0v) is 9.88. The summed E-state index contributed by atoms with van der Waals surface area (Å²) in [5.41, 5.74) is -0.705. The number of hydrogen-bond donors (Lipinski definition) is 2. The largest absolute Gasteiger partial charge is 0.393 e. The first-order valence-electron chi connectivity index (χ1n) is 5.19. The van der Waals surface area contributed by atoms with E-state index < -0.39 is 5.60 Å². The standard InChI is InChI=1S/C12H13ClN2O2/c13-11-3-1-10(2-4-11)12(17,8-16)7-15-6-5-14-9-15/h1-6,9,16-17H,7-8H2. The molecule has 2 rings (SSSR count). The second-order valence-electron chi connectivity index (χ2n) is 3.93. The minimum Gasteiger partial charge on any atom is -0.393 e. The van der Waals surface area contributed by atoms with Gasteiger partial charge in [0, 0.05) is 17.4 Å². The quantitative estimate of drug-likeness (QED) is 0.865. The van der Waals surface area contributed by atoms with Gasteiger partial charge in [0.2, 0.25) is 0 Å². The van der Waals surface area contributed by atoms with Crippen molar-refractivity contribution in [1.29, 1.82) is 0 Å². The molecule has 0 saturated carbocycles. The van der Waals surface area contributed by atoms with Gasteiger partial charge in [-0.3, -0.25) is 0 Å². The van der Waals surface area contributed by atoms with Crippen LogP contribution in [0.5, 0.6) is 0 Å². The minimum absolute atomic E-state index is 0.241. The minimum atomic E-state index is -1.33. The lowest BCUT2D eigenvalue weighted by atomic mass is 9.94. The molecule has 1 unspecified atom stereocenters. The van der Waals surface area contributed by atoms with Gasteiger partial charge in [-0.1, -0.05) is 23.7 Å². The zero-order chi connectivity index (χ0) is 12.3. The molecular weight excluding hydrogens is 240 g/mol. The third kappa shape index (κ3) is 2.66. The lowest BCUT2D eigenvalue weighted by Gasteiger charge is -2.26. The van der Waals surface area contributed by atoms with Crippen LogP contribution in [-0.2, 0) is 12.1 Å². The van der Waals surface area contributed by atoms with Gasteiger partial charge in [0.05, 0.1) is 19.5 Å². The zero-order valence-electron chi connectivity index (χ0n) is 9.12. The van der Waals surface area contributed by atoms with Crippen LogP contribution in [-0.4, -0.2) is 26.4 Å². The van der Waals surface area contributed by atoms with Gasteiger partial charge >= 0.3 is 0 Å². The summed E-state index contributed by atoms with van der Waals surface area (Å²) in [6.07, 6.45) is 4.95. The van der Waals surface area contributed by atoms with E-state index in [2.05, 4.69) is 4.98 Å². The van der Waals surface area contributed by atoms with Gasteiger partial charge in [0.1, 0.15) is 5.60 Å². The molecule has 0 fully saturated rings. The lowest BCUT2D eigenvalue weighted by Crippen LogP contribution is -2.35. The number of aliphatic hydroxyl groups is 2. The highest BCUT2D eigenvalue weighted by molar-refractivity contribution is 6.30. The molecule has 1 atom stereocenters. The Hall–Kier alpha value is -1.36. The number of rotatable bonds is 4. The Bertz CT molecular complexity index is 470. The Morgan fingerprint density at radius 1 is 1.29 bits per heavy atom. The van der Waals surface area contributed by atoms with Gasteiger partial charge in [-0.25, -0.2) is 4.98 Å². The van der Waals surface area contributed by atoms with E-state index in [4.69, 9.17) is 11.6 Å². The molecule has 90 valence electrons. The number of halogens is 1. The van der Waals surface area contributed by atoms with E-state index >= 15 is 0 Å². The highest BCUT2D eigenvalue weighted by Crippen LogP contribution is 2.24. The van der Waals surface area contributed by atoms with E-state index in [1.54, 1.807) is 47.6 Å². The average Bonchev–Trinajstić information content (AvgIpc) is 2.82. The number of aromatic nitrogens is 2. The maximum absolute atomic E-state index is 10.4. The van der Waals surface area contributed by atoms with E-state index in [0.29, 0.717) is 10.6 Å². The molecule has 0 aliphatic heterocycles. The fraction of sp³-hybridized carbons (Fsp3) is 0.250. The van der Waals surface area contributed by atoms with Crippen molar-refractivity contribution in [2.24, 2.45) is 0 Å². The molecule has 1 aromatic carbocycles. The van der Waals surface area contributed by atoms with Crippen molar-refractivity contribution in [2.45, 2.75) is 12.1 Å². The van der Waals surface area contributed by atoms with Crippen LogP contribution in [0.15, 0.2) is 43.0 Å². The van der Waals surface area contributed by atoms with Crippen molar-refractivity contribution < 1.29 is 10.2 Å². The molecule has 2 N–H and O–H groups in total. The molecule has 2 aromatic rings. The van der Waals surface area contributed by atoms with Crippen molar-refractivity contribution in [3.8, 4) is 0 Å². The highest BCUT2D eigenvalue weighted by Gasteiger charge is 2.28. The first-order chi connectivity index (χ1) is 8.14. The number of hydrogen-bond acceptors (Lipinski definition) is 3. The maximum Gasteiger partial charge on any atom is 0.130 e. The molecule has 5 heteroatoms. The summed E-state index contributed by atoms with van der Waals surface area (Å²) in [6.45, 7) is -0.127. The van der Waals surface area contributed by atoms with E-state index in [9.17, 15) is 10.2 Å². The summed E-state index contributed by atoms with van der Waals surface area (Å²) < 4.78 is 1.71. The molecule has 4 nitrogen and oxygen atoms in total. The van der Waals surface area contributed by atoms with E-state index in [0.717, 1.165) is 0 Å². The molecular formula is C12H13ClN2O2. The summed E-state index contributed by atoms with van der Waals surface area (Å²) in [7, 11) is 0. The van der Waals surface area contributed by atoms with Crippen molar-refractivity contribution in [2.75, 3.05) is 6.61 Å². The third-order valence-electron chi connectivity index (χ3n) is 2.65. The highest BCUT2D eigenvalue weighted by atomic mass is 35.5. The van der Waals surface area contributed by atoms with Gasteiger partial charge < -0.3 is 14.8 Å². The molecule has 1 aromatic heterocycles. The second-order valence-corrected chi connectivity index (χ2v) is 4.37. The summed E-state index contributed by atoms with van der Waals surface area (Å²) in [6, 6.07) is 6.78. The molecule has 0 saturated heterocycles. The van der Waals surface area contributed by atoms with Gasteiger partial charge in [0.15, 0.2) is 0 Å². The average molecular weight is 253 g/mol. The Labute approximate surface area is 104 Å². The van der Waals surface area contributed by atoms with Crippen molar-refractivity contribution >= 4 is 11.6 Å². The van der Waals surface area contributed by atoms with Crippen LogP contribution in [0, 0.1) is 0 Å². The van der Waals surface area contributed by atoms with Crippen LogP contribution in [0.1, 0.15) is 5.56 Å². The van der Waals surface area contributed by atoms with Crippen LogP contribution in [0.4, 0.5) is 0 Å². The van der Waals surface area contributed by atoms with Crippen molar-refractivity contribution in [3.63, 3.8) is 0 Å². The fourth-order valence-corrected chi connectivity index (χ4v) is 1.80. The van der Waals surface area contributed by atoms with Crippen LogP contribution < -0.4 is 0 Å². The van der Waals surface area contributed by atoms with E-state index in [1.165, 1.54) is 0 Å². The predicted octanol–water partition coefficient (Wildman–Crippen LogP) is 1.42. The van der Waals surface area contributed by atoms with E-state index in [1.807, 2.05) is 0 Å². The lowest BCUT2D eigenvalue weighted by molar-refractivity contribution is -0.0332. The summed E-state index contributed by atoms with van der Waals surface area (Å²) in [5, 5.41) is 20.4. The second kappa shape index (κ2) is 4.87. The summed E-state index contributed by atoms with van der Waals surface area (Å²) >= 11 is 5.79. The van der Waals surface area contributed by atoms with Gasteiger partial charge in [0.25, 0.3) is 0 Å². The molecule has 0 aliphatic rings. The van der Waals surface area contributed by atoms with Gasteiger partial charge in [-0.05, 0) is 17.7 Å². The Balaban J connectivity index is 2.27. The SMILES string of the molecule is OCC(O)(Cn1ccnc1)c1ccc(Cl)cc1. The molecule has 0 aliphatic carbocycles. The normalized spacial score (nSPS) is 14.5. The molecule has 0 amide bonds. The number of aliphatic hydroxyl groups excluding tert-OH is 1. The summed E-state index contributed by atoms with van der Waals surface area (Å²) in [4.78, 5) is 3.90. The Kier molecular flexibility index (Phi) is 3.47. The first kappa shape index (κ1) is 12.1. The Morgan fingerprint density at radius 3 is 2.53 bits per heavy atom. The van der Waals surface area contributed by atoms with Gasteiger partial charge in [-0.15, -0.1) is 0 Å². The number of benzene rings is 1. The third-order valence-corrected chi connectivity index (χ3v) is 2.90. The molecule has 0 radical (unpaired) electrons. The van der Waals surface area contributed by atoms with E-state index in [-0.39, 0.29) is 13.2 Å². The predicted molar refractivity (Wildman–Crippen MR) is 64.7 cm³/mol.